The Bertz CT molecular complexity index is 910. The molecule has 2 aromatic rings. The van der Waals surface area contributed by atoms with Gasteiger partial charge in [0.25, 0.3) is 0 Å². The molecule has 0 spiro atoms. The number of fused-ring (bicyclic) bond motifs is 1. The van der Waals surface area contributed by atoms with E-state index in [2.05, 4.69) is 38.8 Å². The first-order valence-electron chi connectivity index (χ1n) is 7.99. The van der Waals surface area contributed by atoms with Gasteiger partial charge in [-0.1, -0.05) is 54.6 Å². The Morgan fingerprint density at radius 1 is 0.792 bits per heavy atom. The molecule has 0 fully saturated rings. The smallest absolute Gasteiger partial charge is 0.160 e. The molecule has 0 saturated carbocycles. The van der Waals surface area contributed by atoms with Crippen LogP contribution < -0.4 is 5.73 Å². The van der Waals surface area contributed by atoms with Gasteiger partial charge < -0.3 is 10.3 Å². The molecule has 0 aromatic heterocycles. The quantitative estimate of drug-likeness (QED) is 0.626. The molecule has 0 unspecified atom stereocenters. The molecule has 2 aromatic carbocycles. The van der Waals surface area contributed by atoms with Crippen LogP contribution in [0.1, 0.15) is 11.1 Å². The van der Waals surface area contributed by atoms with E-state index < -0.39 is 0 Å². The zero-order valence-electron chi connectivity index (χ0n) is 13.3. The van der Waals surface area contributed by atoms with Crippen LogP contribution in [0, 0.1) is 0 Å². The standard InChI is InChI=1S/C20H18N4/c21-12-15-6-8-16(9-7-15)13-24-11-10-18-19(14-24)23-20(22-18)17-4-2-1-3-5-17/h1-11,14H,12-13,21H2. The van der Waals surface area contributed by atoms with E-state index in [0.717, 1.165) is 34.9 Å². The first-order valence-corrected chi connectivity index (χ1v) is 7.99. The highest BCUT2D eigenvalue weighted by Gasteiger charge is 2.12. The molecule has 2 aliphatic heterocycles. The van der Waals surface area contributed by atoms with Crippen LogP contribution in [0.4, 0.5) is 0 Å². The summed E-state index contributed by atoms with van der Waals surface area (Å²) in [5.41, 5.74) is 10.9. The van der Waals surface area contributed by atoms with Gasteiger partial charge in [0.05, 0.1) is 5.69 Å². The van der Waals surface area contributed by atoms with Crippen LogP contribution >= 0.6 is 0 Å². The molecule has 0 bridgehead atoms. The van der Waals surface area contributed by atoms with E-state index in [9.17, 15) is 0 Å². The van der Waals surface area contributed by atoms with Crippen molar-refractivity contribution in [2.75, 3.05) is 0 Å². The number of rotatable bonds is 4. The van der Waals surface area contributed by atoms with Crippen molar-refractivity contribution in [1.82, 2.24) is 14.5 Å². The normalized spacial score (nSPS) is 11.0. The van der Waals surface area contributed by atoms with Crippen molar-refractivity contribution in [2.24, 2.45) is 5.73 Å². The Labute approximate surface area is 141 Å². The zero-order chi connectivity index (χ0) is 16.4. The molecule has 0 radical (unpaired) electrons. The van der Waals surface area contributed by atoms with E-state index in [0.29, 0.717) is 6.54 Å². The van der Waals surface area contributed by atoms with Crippen LogP contribution in [0.25, 0.3) is 22.8 Å². The molecular formula is C20H18N4. The fourth-order valence-electron chi connectivity index (χ4n) is 2.76. The number of nitrogens with zero attached hydrogens (tertiary/aromatic N) is 3. The minimum Gasteiger partial charge on any atom is -0.348 e. The van der Waals surface area contributed by atoms with Crippen molar-refractivity contribution in [3.8, 4) is 22.8 Å². The summed E-state index contributed by atoms with van der Waals surface area (Å²) in [6, 6.07) is 20.5. The van der Waals surface area contributed by atoms with Crippen molar-refractivity contribution in [2.45, 2.75) is 13.1 Å². The van der Waals surface area contributed by atoms with Gasteiger partial charge in [0.2, 0.25) is 0 Å². The third-order valence-corrected chi connectivity index (χ3v) is 4.08. The minimum absolute atomic E-state index is 0.574. The van der Waals surface area contributed by atoms with E-state index >= 15 is 0 Å². The Kier molecular flexibility index (Phi) is 3.81. The van der Waals surface area contributed by atoms with E-state index in [-0.39, 0.29) is 0 Å². The van der Waals surface area contributed by atoms with Crippen LogP contribution in [0.3, 0.4) is 0 Å². The first-order chi connectivity index (χ1) is 11.8. The predicted molar refractivity (Wildman–Crippen MR) is 95.5 cm³/mol. The molecule has 2 N–H and O–H groups in total. The molecule has 24 heavy (non-hydrogen) atoms. The van der Waals surface area contributed by atoms with Gasteiger partial charge in [0, 0.05) is 31.0 Å². The van der Waals surface area contributed by atoms with Crippen molar-refractivity contribution < 1.29 is 0 Å². The van der Waals surface area contributed by atoms with E-state index in [1.807, 2.05) is 48.8 Å². The summed E-state index contributed by atoms with van der Waals surface area (Å²) in [4.78, 5) is 9.28. The lowest BCUT2D eigenvalue weighted by Crippen LogP contribution is -2.02. The summed E-state index contributed by atoms with van der Waals surface area (Å²) in [7, 11) is 0. The minimum atomic E-state index is 0.574. The summed E-state index contributed by atoms with van der Waals surface area (Å²) in [6.45, 7) is 1.37. The third-order valence-electron chi connectivity index (χ3n) is 4.08. The van der Waals surface area contributed by atoms with Gasteiger partial charge >= 0.3 is 0 Å². The molecule has 118 valence electrons. The van der Waals surface area contributed by atoms with Crippen LogP contribution in [-0.2, 0) is 13.1 Å². The van der Waals surface area contributed by atoms with Gasteiger partial charge in [-0.05, 0) is 17.2 Å². The number of pyridine rings is 1. The fourth-order valence-corrected chi connectivity index (χ4v) is 2.76. The molecule has 4 nitrogen and oxygen atoms in total. The van der Waals surface area contributed by atoms with E-state index in [1.165, 1.54) is 5.56 Å². The number of hydrogen-bond donors (Lipinski definition) is 1. The van der Waals surface area contributed by atoms with Gasteiger partial charge in [-0.3, -0.25) is 0 Å². The second-order valence-electron chi connectivity index (χ2n) is 5.82. The maximum atomic E-state index is 5.64. The number of benzene rings is 2. The van der Waals surface area contributed by atoms with Crippen molar-refractivity contribution in [3.63, 3.8) is 0 Å². The molecule has 4 rings (SSSR count). The molecule has 0 amide bonds. The number of imidazole rings is 1. The van der Waals surface area contributed by atoms with Gasteiger partial charge in [-0.25, -0.2) is 9.97 Å². The Balaban J connectivity index is 1.62. The number of nitrogens with two attached hydrogens (primary N) is 1. The second-order valence-corrected chi connectivity index (χ2v) is 5.82. The Hall–Kier alpha value is -2.98. The molecule has 0 atom stereocenters. The van der Waals surface area contributed by atoms with Gasteiger partial charge in [-0.2, -0.15) is 0 Å². The topological polar surface area (TPSA) is 56.7 Å². The molecule has 0 aliphatic carbocycles. The maximum Gasteiger partial charge on any atom is 0.160 e. The van der Waals surface area contributed by atoms with E-state index in [4.69, 9.17) is 5.73 Å². The van der Waals surface area contributed by atoms with Crippen molar-refractivity contribution in [3.05, 3.63) is 84.2 Å². The third kappa shape index (κ3) is 2.92. The van der Waals surface area contributed by atoms with Gasteiger partial charge in [-0.15, -0.1) is 0 Å². The van der Waals surface area contributed by atoms with Crippen molar-refractivity contribution in [1.29, 1.82) is 0 Å². The van der Waals surface area contributed by atoms with Crippen LogP contribution in [0.5, 0.6) is 0 Å². The monoisotopic (exact) mass is 314 g/mol. The SMILES string of the molecule is NCc1ccc(Cn2ccc3nc(-c4ccccc4)nc-3c2)cc1. The molecule has 4 heteroatoms. The lowest BCUT2D eigenvalue weighted by molar-refractivity contribution is 0.789. The largest absolute Gasteiger partial charge is 0.348 e. The summed E-state index contributed by atoms with van der Waals surface area (Å²) in [6.07, 6.45) is 4.09. The Morgan fingerprint density at radius 3 is 2.25 bits per heavy atom. The van der Waals surface area contributed by atoms with Crippen LogP contribution in [-0.4, -0.2) is 14.5 Å². The predicted octanol–water partition coefficient (Wildman–Crippen LogP) is 3.56. The first kappa shape index (κ1) is 14.6. The summed E-state index contributed by atoms with van der Waals surface area (Å²) in [5.74, 6) is 0.774. The molecule has 0 saturated heterocycles. The highest BCUT2D eigenvalue weighted by molar-refractivity contribution is 5.65. The van der Waals surface area contributed by atoms with Crippen LogP contribution in [0.2, 0.25) is 0 Å². The maximum absolute atomic E-state index is 5.64. The summed E-state index contributed by atoms with van der Waals surface area (Å²) < 4.78 is 2.13. The number of aromatic nitrogens is 3. The van der Waals surface area contributed by atoms with Crippen molar-refractivity contribution >= 4 is 0 Å². The van der Waals surface area contributed by atoms with Crippen LogP contribution in [0.15, 0.2) is 73.1 Å². The fraction of sp³-hybridized carbons (Fsp3) is 0.100. The molecular weight excluding hydrogens is 296 g/mol. The highest BCUT2D eigenvalue weighted by Crippen LogP contribution is 2.24. The lowest BCUT2D eigenvalue weighted by atomic mass is 10.1. The van der Waals surface area contributed by atoms with E-state index in [1.54, 1.807) is 0 Å². The highest BCUT2D eigenvalue weighted by atomic mass is 15.0. The summed E-state index contributed by atoms with van der Waals surface area (Å²) >= 11 is 0. The molecule has 2 heterocycles. The average molecular weight is 314 g/mol. The van der Waals surface area contributed by atoms with Gasteiger partial charge in [0.15, 0.2) is 5.82 Å². The number of hydrogen-bond acceptors (Lipinski definition) is 3. The average Bonchev–Trinajstić information content (AvgIpc) is 3.06. The lowest BCUT2D eigenvalue weighted by Gasteiger charge is -2.08. The second kappa shape index (κ2) is 6.26. The Morgan fingerprint density at radius 2 is 1.50 bits per heavy atom. The summed E-state index contributed by atoms with van der Waals surface area (Å²) in [5, 5.41) is 0. The zero-order valence-corrected chi connectivity index (χ0v) is 13.3. The molecule has 2 aliphatic rings. The van der Waals surface area contributed by atoms with Gasteiger partial charge in [0.1, 0.15) is 5.69 Å².